The SMILES string of the molecule is CC(C)c1cccc(CSC[C@H](N)C(=O)O)n1. The number of nitrogens with two attached hydrogens (primary N) is 1. The summed E-state index contributed by atoms with van der Waals surface area (Å²) in [7, 11) is 0. The molecule has 0 saturated carbocycles. The van der Waals surface area contributed by atoms with Gasteiger partial charge < -0.3 is 10.8 Å². The van der Waals surface area contributed by atoms with E-state index in [2.05, 4.69) is 18.8 Å². The number of pyridine rings is 1. The van der Waals surface area contributed by atoms with Crippen molar-refractivity contribution in [1.29, 1.82) is 0 Å². The van der Waals surface area contributed by atoms with Gasteiger partial charge in [0.1, 0.15) is 6.04 Å². The van der Waals surface area contributed by atoms with Crippen LogP contribution in [0.1, 0.15) is 31.2 Å². The number of nitrogens with zero attached hydrogens (tertiary/aromatic N) is 1. The molecule has 0 amide bonds. The van der Waals surface area contributed by atoms with Crippen molar-refractivity contribution in [1.82, 2.24) is 4.98 Å². The zero-order valence-electron chi connectivity index (χ0n) is 10.1. The molecule has 1 aromatic heterocycles. The Morgan fingerprint density at radius 3 is 2.82 bits per heavy atom. The average molecular weight is 254 g/mol. The van der Waals surface area contributed by atoms with E-state index in [0.717, 1.165) is 11.4 Å². The number of aromatic nitrogens is 1. The van der Waals surface area contributed by atoms with Crippen molar-refractivity contribution in [3.8, 4) is 0 Å². The van der Waals surface area contributed by atoms with Crippen molar-refractivity contribution in [3.63, 3.8) is 0 Å². The summed E-state index contributed by atoms with van der Waals surface area (Å²) in [5.41, 5.74) is 7.45. The average Bonchev–Trinajstić information content (AvgIpc) is 2.29. The van der Waals surface area contributed by atoms with Crippen molar-refractivity contribution in [3.05, 3.63) is 29.6 Å². The Hall–Kier alpha value is -1.07. The third kappa shape index (κ3) is 4.75. The van der Waals surface area contributed by atoms with Gasteiger partial charge in [0.15, 0.2) is 0 Å². The van der Waals surface area contributed by atoms with E-state index in [0.29, 0.717) is 17.4 Å². The van der Waals surface area contributed by atoms with E-state index in [9.17, 15) is 4.79 Å². The number of carbonyl (C=O) groups is 1. The summed E-state index contributed by atoms with van der Waals surface area (Å²) in [4.78, 5) is 15.0. The first-order chi connectivity index (χ1) is 8.00. The van der Waals surface area contributed by atoms with Gasteiger partial charge >= 0.3 is 5.97 Å². The van der Waals surface area contributed by atoms with Gasteiger partial charge in [-0.2, -0.15) is 11.8 Å². The van der Waals surface area contributed by atoms with E-state index in [1.807, 2.05) is 18.2 Å². The Balaban J connectivity index is 2.47. The fourth-order valence-electron chi connectivity index (χ4n) is 1.26. The van der Waals surface area contributed by atoms with Crippen LogP contribution >= 0.6 is 11.8 Å². The van der Waals surface area contributed by atoms with Gasteiger partial charge in [-0.25, -0.2) is 0 Å². The first kappa shape index (κ1) is 14.0. The van der Waals surface area contributed by atoms with E-state index in [-0.39, 0.29) is 0 Å². The molecule has 5 heteroatoms. The molecule has 1 atom stereocenters. The maximum absolute atomic E-state index is 10.5. The van der Waals surface area contributed by atoms with Gasteiger partial charge in [0.2, 0.25) is 0 Å². The summed E-state index contributed by atoms with van der Waals surface area (Å²) in [6, 6.07) is 5.13. The van der Waals surface area contributed by atoms with Crippen LogP contribution in [0.4, 0.5) is 0 Å². The maximum Gasteiger partial charge on any atom is 0.321 e. The summed E-state index contributed by atoms with van der Waals surface area (Å²) in [5.74, 6) is 0.549. The third-order valence-corrected chi connectivity index (χ3v) is 3.38. The lowest BCUT2D eigenvalue weighted by atomic mass is 10.1. The molecule has 1 rings (SSSR count). The Morgan fingerprint density at radius 2 is 2.24 bits per heavy atom. The van der Waals surface area contributed by atoms with Gasteiger partial charge in [0, 0.05) is 17.2 Å². The lowest BCUT2D eigenvalue weighted by Gasteiger charge is -2.08. The number of hydrogen-bond acceptors (Lipinski definition) is 4. The first-order valence-electron chi connectivity index (χ1n) is 5.52. The molecule has 0 fully saturated rings. The summed E-state index contributed by atoms with van der Waals surface area (Å²) < 4.78 is 0. The molecule has 0 bridgehead atoms. The van der Waals surface area contributed by atoms with Crippen molar-refractivity contribution < 1.29 is 9.90 Å². The molecule has 0 radical (unpaired) electrons. The van der Waals surface area contributed by atoms with Crippen LogP contribution in [0.5, 0.6) is 0 Å². The van der Waals surface area contributed by atoms with Crippen LogP contribution in [0.25, 0.3) is 0 Å². The summed E-state index contributed by atoms with van der Waals surface area (Å²) >= 11 is 1.49. The lowest BCUT2D eigenvalue weighted by molar-refractivity contribution is -0.137. The van der Waals surface area contributed by atoms with E-state index < -0.39 is 12.0 Å². The van der Waals surface area contributed by atoms with Crippen molar-refractivity contribution in [2.24, 2.45) is 5.73 Å². The Morgan fingerprint density at radius 1 is 1.53 bits per heavy atom. The fraction of sp³-hybridized carbons (Fsp3) is 0.500. The zero-order valence-corrected chi connectivity index (χ0v) is 10.9. The van der Waals surface area contributed by atoms with Gasteiger partial charge in [0.25, 0.3) is 0 Å². The Kier molecular flexibility index (Phi) is 5.44. The molecule has 0 aliphatic rings. The predicted molar refractivity (Wildman–Crippen MR) is 70.1 cm³/mol. The summed E-state index contributed by atoms with van der Waals surface area (Å²) in [6.07, 6.45) is 0. The van der Waals surface area contributed by atoms with Crippen molar-refractivity contribution in [2.45, 2.75) is 31.6 Å². The molecular weight excluding hydrogens is 236 g/mol. The molecule has 0 saturated heterocycles. The minimum absolute atomic E-state index is 0.404. The second-order valence-electron chi connectivity index (χ2n) is 4.17. The van der Waals surface area contributed by atoms with E-state index in [4.69, 9.17) is 10.8 Å². The highest BCUT2D eigenvalue weighted by Gasteiger charge is 2.11. The Bertz CT molecular complexity index is 383. The van der Waals surface area contributed by atoms with Gasteiger partial charge in [-0.15, -0.1) is 0 Å². The van der Waals surface area contributed by atoms with Gasteiger partial charge in [-0.3, -0.25) is 9.78 Å². The van der Waals surface area contributed by atoms with Crippen LogP contribution in [-0.4, -0.2) is 27.9 Å². The number of aliphatic carboxylic acids is 1. The van der Waals surface area contributed by atoms with Crippen LogP contribution in [0.3, 0.4) is 0 Å². The highest BCUT2D eigenvalue weighted by atomic mass is 32.2. The smallest absolute Gasteiger partial charge is 0.321 e. The van der Waals surface area contributed by atoms with Crippen LogP contribution in [-0.2, 0) is 10.5 Å². The Labute approximate surface area is 106 Å². The second-order valence-corrected chi connectivity index (χ2v) is 5.20. The van der Waals surface area contributed by atoms with Crippen LogP contribution in [0.2, 0.25) is 0 Å². The topological polar surface area (TPSA) is 76.2 Å². The van der Waals surface area contributed by atoms with E-state index in [1.165, 1.54) is 11.8 Å². The molecule has 0 unspecified atom stereocenters. The van der Waals surface area contributed by atoms with Crippen LogP contribution in [0.15, 0.2) is 18.2 Å². The molecule has 1 aromatic rings. The minimum Gasteiger partial charge on any atom is -0.480 e. The lowest BCUT2D eigenvalue weighted by Crippen LogP contribution is -2.32. The zero-order chi connectivity index (χ0) is 12.8. The molecule has 0 spiro atoms. The number of rotatable bonds is 6. The molecule has 0 aliphatic heterocycles. The molecule has 4 nitrogen and oxygen atoms in total. The summed E-state index contributed by atoms with van der Waals surface area (Å²) in [6.45, 7) is 4.19. The van der Waals surface area contributed by atoms with Gasteiger partial charge in [-0.1, -0.05) is 19.9 Å². The highest BCUT2D eigenvalue weighted by molar-refractivity contribution is 7.98. The maximum atomic E-state index is 10.5. The minimum atomic E-state index is -0.957. The highest BCUT2D eigenvalue weighted by Crippen LogP contribution is 2.15. The molecule has 17 heavy (non-hydrogen) atoms. The van der Waals surface area contributed by atoms with Crippen LogP contribution in [0, 0.1) is 0 Å². The fourth-order valence-corrected chi connectivity index (χ4v) is 2.15. The molecular formula is C12H18N2O2S. The van der Waals surface area contributed by atoms with Crippen LogP contribution < -0.4 is 5.73 Å². The number of carboxylic acid groups (broad SMARTS) is 1. The third-order valence-electron chi connectivity index (χ3n) is 2.28. The number of carboxylic acids is 1. The predicted octanol–water partition coefficient (Wildman–Crippen LogP) is 1.85. The van der Waals surface area contributed by atoms with Crippen molar-refractivity contribution >= 4 is 17.7 Å². The largest absolute Gasteiger partial charge is 0.480 e. The molecule has 0 aliphatic carbocycles. The van der Waals surface area contributed by atoms with Gasteiger partial charge in [0.05, 0.1) is 5.69 Å². The molecule has 94 valence electrons. The normalized spacial score (nSPS) is 12.7. The molecule has 3 N–H and O–H groups in total. The number of hydrogen-bond donors (Lipinski definition) is 2. The quantitative estimate of drug-likeness (QED) is 0.810. The standard InChI is InChI=1S/C12H18N2O2S/c1-8(2)11-5-3-4-9(14-11)6-17-7-10(13)12(15)16/h3-5,8,10H,6-7,13H2,1-2H3,(H,15,16)/t10-/m0/s1. The molecule has 0 aromatic carbocycles. The summed E-state index contributed by atoms with van der Waals surface area (Å²) in [5, 5.41) is 8.64. The van der Waals surface area contributed by atoms with Gasteiger partial charge in [-0.05, 0) is 18.1 Å². The van der Waals surface area contributed by atoms with E-state index >= 15 is 0 Å². The number of thioether (sulfide) groups is 1. The first-order valence-corrected chi connectivity index (χ1v) is 6.68. The monoisotopic (exact) mass is 254 g/mol. The molecule has 1 heterocycles. The second kappa shape index (κ2) is 6.61. The van der Waals surface area contributed by atoms with E-state index in [1.54, 1.807) is 0 Å². The van der Waals surface area contributed by atoms with Crippen molar-refractivity contribution in [2.75, 3.05) is 5.75 Å².